The summed E-state index contributed by atoms with van der Waals surface area (Å²) in [5.74, 6) is 0. The SMILES string of the molecule is S=C1S[N+](Cc2ccccc2)(C2CCCCC2)C2=C1CCCC2.[Cl-]. The largest absolute Gasteiger partial charge is 1.00 e. The van der Waals surface area contributed by atoms with E-state index in [4.69, 9.17) is 12.2 Å². The zero-order chi connectivity index (χ0) is 15.7. The molecule has 1 aliphatic heterocycles. The molecule has 0 aromatic heterocycles. The molecule has 0 bridgehead atoms. The minimum atomic E-state index is 0. The summed E-state index contributed by atoms with van der Waals surface area (Å²) < 4.78 is 2.32. The minimum absolute atomic E-state index is 0. The second-order valence-electron chi connectivity index (χ2n) is 7.24. The standard InChI is InChI=1S/C20H26NS2.ClH/c22-20-18-13-7-8-14-19(18)21(23-20,17-11-5-2-6-12-17)15-16-9-3-1-4-10-16;/h1,3-4,9-10,17H,2,5-8,11-15H2;1H/q+1;/p-1. The van der Waals surface area contributed by atoms with Crippen molar-refractivity contribution in [1.29, 1.82) is 0 Å². The van der Waals surface area contributed by atoms with E-state index >= 15 is 0 Å². The van der Waals surface area contributed by atoms with Crippen LogP contribution >= 0.6 is 24.2 Å². The van der Waals surface area contributed by atoms with E-state index in [1.807, 2.05) is 11.9 Å². The molecule has 1 aromatic carbocycles. The lowest BCUT2D eigenvalue weighted by molar-refractivity contribution is -0.799. The van der Waals surface area contributed by atoms with E-state index in [1.165, 1.54) is 67.5 Å². The van der Waals surface area contributed by atoms with Crippen LogP contribution in [0.25, 0.3) is 0 Å². The first-order valence-corrected chi connectivity index (χ1v) is 10.4. The van der Waals surface area contributed by atoms with Crippen molar-refractivity contribution in [3.05, 3.63) is 47.2 Å². The summed E-state index contributed by atoms with van der Waals surface area (Å²) in [6.07, 6.45) is 12.1. The molecule has 24 heavy (non-hydrogen) atoms. The number of rotatable bonds is 3. The number of nitrogens with zero attached hydrogens (tertiary/aromatic N) is 1. The van der Waals surface area contributed by atoms with Crippen LogP contribution in [0, 0.1) is 0 Å². The number of quaternary nitrogens is 1. The summed E-state index contributed by atoms with van der Waals surface area (Å²) >= 11 is 7.86. The minimum Gasteiger partial charge on any atom is -1.00 e. The zero-order valence-electron chi connectivity index (χ0n) is 14.2. The van der Waals surface area contributed by atoms with Crippen molar-refractivity contribution in [2.24, 2.45) is 0 Å². The molecule has 130 valence electrons. The first-order chi connectivity index (χ1) is 11.3. The monoisotopic (exact) mass is 379 g/mol. The predicted octanol–water partition coefficient (Wildman–Crippen LogP) is 3.16. The molecule has 0 spiro atoms. The van der Waals surface area contributed by atoms with Crippen molar-refractivity contribution in [2.45, 2.75) is 70.4 Å². The van der Waals surface area contributed by atoms with Crippen molar-refractivity contribution in [2.75, 3.05) is 0 Å². The van der Waals surface area contributed by atoms with E-state index in [0.717, 1.165) is 16.5 Å². The lowest BCUT2D eigenvalue weighted by Gasteiger charge is -2.43. The van der Waals surface area contributed by atoms with Gasteiger partial charge in [-0.25, -0.2) is 3.89 Å². The highest BCUT2D eigenvalue weighted by Crippen LogP contribution is 2.53. The summed E-state index contributed by atoms with van der Waals surface area (Å²) in [4.78, 5) is 0. The van der Waals surface area contributed by atoms with Gasteiger partial charge in [-0.05, 0) is 32.1 Å². The van der Waals surface area contributed by atoms with Crippen LogP contribution < -0.4 is 12.4 Å². The van der Waals surface area contributed by atoms with Crippen molar-refractivity contribution in [3.8, 4) is 0 Å². The maximum absolute atomic E-state index is 5.84. The summed E-state index contributed by atoms with van der Waals surface area (Å²) in [5.41, 5.74) is 4.72. The van der Waals surface area contributed by atoms with Gasteiger partial charge in [0.25, 0.3) is 0 Å². The second kappa shape index (κ2) is 7.90. The fourth-order valence-corrected chi connectivity index (χ4v) is 6.82. The topological polar surface area (TPSA) is 0 Å². The van der Waals surface area contributed by atoms with Crippen LogP contribution in [0.5, 0.6) is 0 Å². The van der Waals surface area contributed by atoms with Crippen LogP contribution in [0.15, 0.2) is 41.6 Å². The highest BCUT2D eigenvalue weighted by Gasteiger charge is 2.51. The van der Waals surface area contributed by atoms with Crippen molar-refractivity contribution < 1.29 is 16.3 Å². The van der Waals surface area contributed by atoms with Crippen molar-refractivity contribution in [1.82, 2.24) is 0 Å². The van der Waals surface area contributed by atoms with E-state index in [2.05, 4.69) is 30.3 Å². The Morgan fingerprint density at radius 1 is 0.958 bits per heavy atom. The highest BCUT2D eigenvalue weighted by atomic mass is 35.5. The van der Waals surface area contributed by atoms with Gasteiger partial charge in [-0.2, -0.15) is 0 Å². The van der Waals surface area contributed by atoms with E-state index < -0.39 is 0 Å². The molecule has 1 nitrogen and oxygen atoms in total. The molecule has 0 N–H and O–H groups in total. The molecule has 0 radical (unpaired) electrons. The van der Waals surface area contributed by atoms with E-state index in [9.17, 15) is 0 Å². The van der Waals surface area contributed by atoms with Gasteiger partial charge in [0.05, 0.1) is 0 Å². The van der Waals surface area contributed by atoms with Gasteiger partial charge >= 0.3 is 0 Å². The molecule has 1 unspecified atom stereocenters. The van der Waals surface area contributed by atoms with Gasteiger partial charge in [-0.15, -0.1) is 0 Å². The molecule has 1 saturated carbocycles. The van der Waals surface area contributed by atoms with E-state index in [-0.39, 0.29) is 12.4 Å². The Kier molecular flexibility index (Phi) is 6.07. The number of hydrogen-bond donors (Lipinski definition) is 0. The molecule has 1 fully saturated rings. The van der Waals surface area contributed by atoms with Crippen LogP contribution in [-0.2, 0) is 6.54 Å². The first kappa shape index (κ1) is 18.4. The second-order valence-corrected chi connectivity index (χ2v) is 9.15. The molecule has 1 heterocycles. The van der Waals surface area contributed by atoms with Crippen molar-refractivity contribution in [3.63, 3.8) is 0 Å². The Bertz CT molecular complexity index is 622. The molecule has 1 atom stereocenters. The quantitative estimate of drug-likeness (QED) is 0.449. The average molecular weight is 380 g/mol. The molecule has 1 aromatic rings. The Labute approximate surface area is 162 Å². The van der Waals surface area contributed by atoms with Crippen LogP contribution in [0.4, 0.5) is 0 Å². The number of allylic oxidation sites excluding steroid dienone is 1. The third kappa shape index (κ3) is 3.33. The van der Waals surface area contributed by atoms with Crippen LogP contribution in [0.1, 0.15) is 63.4 Å². The normalized spacial score (nSPS) is 27.8. The van der Waals surface area contributed by atoms with Crippen LogP contribution in [0.2, 0.25) is 0 Å². The van der Waals surface area contributed by atoms with E-state index in [1.54, 1.807) is 11.3 Å². The van der Waals surface area contributed by atoms with Gasteiger partial charge in [0, 0.05) is 30.4 Å². The van der Waals surface area contributed by atoms with Gasteiger partial charge < -0.3 is 12.4 Å². The molecule has 0 amide bonds. The summed E-state index contributed by atoms with van der Waals surface area (Å²) in [6, 6.07) is 11.9. The Hall–Kier alpha value is -0.350. The van der Waals surface area contributed by atoms with Gasteiger partial charge in [-0.3, -0.25) is 0 Å². The van der Waals surface area contributed by atoms with Gasteiger partial charge in [0.2, 0.25) is 0 Å². The molecule has 4 rings (SSSR count). The van der Waals surface area contributed by atoms with Gasteiger partial charge in [-0.1, -0.05) is 49.0 Å². The maximum Gasteiger partial charge on any atom is 0.138 e. The number of thiocarbonyl (C=S) groups is 1. The Morgan fingerprint density at radius 2 is 1.67 bits per heavy atom. The van der Waals surface area contributed by atoms with Crippen molar-refractivity contribution >= 4 is 28.4 Å². The molecular weight excluding hydrogens is 354 g/mol. The molecule has 0 saturated heterocycles. The number of halogens is 1. The average Bonchev–Trinajstić information content (AvgIpc) is 2.90. The Balaban J connectivity index is 0.00000169. The highest BCUT2D eigenvalue weighted by molar-refractivity contribution is 8.20. The molecule has 2 aliphatic carbocycles. The summed E-state index contributed by atoms with van der Waals surface area (Å²) in [7, 11) is 0. The summed E-state index contributed by atoms with van der Waals surface area (Å²) in [6.45, 7) is 1.12. The first-order valence-electron chi connectivity index (χ1n) is 9.18. The fourth-order valence-electron chi connectivity index (χ4n) is 4.69. The third-order valence-electron chi connectivity index (χ3n) is 5.81. The lowest BCUT2D eigenvalue weighted by atomic mass is 9.90. The maximum atomic E-state index is 5.84. The van der Waals surface area contributed by atoms with Gasteiger partial charge in [0.1, 0.15) is 34.4 Å². The molecular formula is C20H26ClNS2. The van der Waals surface area contributed by atoms with Crippen LogP contribution in [0.3, 0.4) is 0 Å². The van der Waals surface area contributed by atoms with Gasteiger partial charge in [0.15, 0.2) is 0 Å². The lowest BCUT2D eigenvalue weighted by Crippen LogP contribution is -3.00. The summed E-state index contributed by atoms with van der Waals surface area (Å²) in [5, 5.41) is 0. The van der Waals surface area contributed by atoms with E-state index in [0.29, 0.717) is 0 Å². The predicted molar refractivity (Wildman–Crippen MR) is 103 cm³/mol. The molecule has 3 aliphatic rings. The fraction of sp³-hybridized carbons (Fsp3) is 0.550. The zero-order valence-corrected chi connectivity index (χ0v) is 16.6. The smallest absolute Gasteiger partial charge is 0.138 e. The Morgan fingerprint density at radius 3 is 2.42 bits per heavy atom. The van der Waals surface area contributed by atoms with Crippen LogP contribution in [-0.4, -0.2) is 14.1 Å². The molecule has 4 heteroatoms. The number of hydrogen-bond acceptors (Lipinski definition) is 2. The number of benzene rings is 1. The third-order valence-corrected chi connectivity index (χ3v) is 7.67.